The quantitative estimate of drug-likeness (QED) is 0.608. The number of aryl methyl sites for hydroxylation is 2. The lowest BCUT2D eigenvalue weighted by molar-refractivity contribution is -0.0352. The summed E-state index contributed by atoms with van der Waals surface area (Å²) in [6.45, 7) is 9.42. The molecule has 4 nitrogen and oxygen atoms in total. The van der Waals surface area contributed by atoms with Crippen LogP contribution < -0.4 is 0 Å². The number of carboxylic acid groups (broad SMARTS) is 1. The summed E-state index contributed by atoms with van der Waals surface area (Å²) in [7, 11) is 0. The van der Waals surface area contributed by atoms with Crippen molar-refractivity contribution in [2.45, 2.75) is 65.0 Å². The molecule has 2 aromatic carbocycles. The number of nitrogens with zero attached hydrogens (tertiary/aromatic N) is 2. The standard InChI is InChI=1S/C28H35FN2O2/c1-4-18-5-6-21(16-24(18)29)20-7-8-23-22(15-20)9-12-28(2,3)26(23)31(27(32)33)25-17-30-13-10-19(25)11-14-30/h5-8,15-16,19,25-26H,4,9-14,17H2,1-3H3,(H,32,33)/t25-,26+/m1/s1. The van der Waals surface area contributed by atoms with E-state index in [1.807, 2.05) is 30.0 Å². The summed E-state index contributed by atoms with van der Waals surface area (Å²) in [5.41, 5.74) is 4.78. The van der Waals surface area contributed by atoms with E-state index in [9.17, 15) is 14.3 Å². The van der Waals surface area contributed by atoms with Crippen LogP contribution in [-0.2, 0) is 12.8 Å². The molecule has 0 aromatic heterocycles. The Morgan fingerprint density at radius 1 is 1.15 bits per heavy atom. The van der Waals surface area contributed by atoms with Gasteiger partial charge in [0.1, 0.15) is 5.82 Å². The van der Waals surface area contributed by atoms with Gasteiger partial charge in [0.25, 0.3) is 0 Å². The van der Waals surface area contributed by atoms with Gasteiger partial charge in [-0.25, -0.2) is 9.18 Å². The molecular formula is C28H35FN2O2. The van der Waals surface area contributed by atoms with Crippen LogP contribution in [0.1, 0.15) is 62.8 Å². The predicted octanol–water partition coefficient (Wildman–Crippen LogP) is 6.14. The molecule has 33 heavy (non-hydrogen) atoms. The van der Waals surface area contributed by atoms with Crippen molar-refractivity contribution in [3.05, 3.63) is 58.9 Å². The molecule has 0 unspecified atom stereocenters. The Morgan fingerprint density at radius 2 is 1.85 bits per heavy atom. The minimum Gasteiger partial charge on any atom is -0.465 e. The minimum atomic E-state index is -0.805. The Labute approximate surface area is 196 Å². The second kappa shape index (κ2) is 8.43. The van der Waals surface area contributed by atoms with Crippen LogP contribution in [0.2, 0.25) is 0 Å². The average molecular weight is 451 g/mol. The smallest absolute Gasteiger partial charge is 0.408 e. The highest BCUT2D eigenvalue weighted by Gasteiger charge is 2.48. The fourth-order valence-electron chi connectivity index (χ4n) is 6.52. The fraction of sp³-hybridized carbons (Fsp3) is 0.536. The molecule has 176 valence electrons. The molecule has 2 aromatic rings. The molecule has 2 bridgehead atoms. The van der Waals surface area contributed by atoms with Gasteiger partial charge in [0.2, 0.25) is 0 Å². The lowest BCUT2D eigenvalue weighted by Gasteiger charge is -2.54. The van der Waals surface area contributed by atoms with Crippen molar-refractivity contribution in [1.29, 1.82) is 0 Å². The lowest BCUT2D eigenvalue weighted by atomic mass is 9.68. The van der Waals surface area contributed by atoms with Crippen LogP contribution in [0, 0.1) is 17.2 Å². The molecule has 3 saturated heterocycles. The molecule has 1 aliphatic carbocycles. The molecule has 5 heteroatoms. The lowest BCUT2D eigenvalue weighted by Crippen LogP contribution is -2.61. The second-order valence-corrected chi connectivity index (χ2v) is 10.9. The van der Waals surface area contributed by atoms with E-state index in [2.05, 4.69) is 30.9 Å². The molecule has 0 saturated carbocycles. The van der Waals surface area contributed by atoms with Gasteiger partial charge in [-0.15, -0.1) is 0 Å². The zero-order valence-electron chi connectivity index (χ0n) is 20.0. The van der Waals surface area contributed by atoms with E-state index in [1.165, 1.54) is 5.56 Å². The number of halogens is 1. The topological polar surface area (TPSA) is 43.8 Å². The third-order valence-electron chi connectivity index (χ3n) is 8.46. The summed E-state index contributed by atoms with van der Waals surface area (Å²) in [4.78, 5) is 17.0. The molecule has 0 spiro atoms. The summed E-state index contributed by atoms with van der Waals surface area (Å²) in [5, 5.41) is 10.4. The van der Waals surface area contributed by atoms with Crippen molar-refractivity contribution in [2.75, 3.05) is 19.6 Å². The highest BCUT2D eigenvalue weighted by atomic mass is 19.1. The number of hydrogen-bond acceptors (Lipinski definition) is 2. The van der Waals surface area contributed by atoms with Gasteiger partial charge >= 0.3 is 6.09 Å². The predicted molar refractivity (Wildman–Crippen MR) is 129 cm³/mol. The fourth-order valence-corrected chi connectivity index (χ4v) is 6.52. The van der Waals surface area contributed by atoms with Gasteiger partial charge in [0.15, 0.2) is 0 Å². The molecule has 3 aliphatic heterocycles. The van der Waals surface area contributed by atoms with Gasteiger partial charge in [-0.3, -0.25) is 4.90 Å². The maximum absolute atomic E-state index is 14.4. The van der Waals surface area contributed by atoms with Gasteiger partial charge in [0.05, 0.1) is 12.1 Å². The highest BCUT2D eigenvalue weighted by Crippen LogP contribution is 2.50. The number of benzene rings is 2. The van der Waals surface area contributed by atoms with Crippen molar-refractivity contribution in [2.24, 2.45) is 11.3 Å². The number of amides is 1. The normalized spacial score (nSPS) is 27.8. The van der Waals surface area contributed by atoms with Crippen LogP contribution in [0.25, 0.3) is 11.1 Å². The van der Waals surface area contributed by atoms with Crippen LogP contribution in [0.15, 0.2) is 36.4 Å². The summed E-state index contributed by atoms with van der Waals surface area (Å²) in [6, 6.07) is 11.7. The molecule has 3 fully saturated rings. The summed E-state index contributed by atoms with van der Waals surface area (Å²) in [5.74, 6) is 0.290. The van der Waals surface area contributed by atoms with E-state index in [1.54, 1.807) is 6.07 Å². The summed E-state index contributed by atoms with van der Waals surface area (Å²) < 4.78 is 14.4. The van der Waals surface area contributed by atoms with Crippen molar-refractivity contribution in [3.63, 3.8) is 0 Å². The van der Waals surface area contributed by atoms with Crippen molar-refractivity contribution >= 4 is 6.09 Å². The van der Waals surface area contributed by atoms with Crippen LogP contribution in [-0.4, -0.2) is 46.7 Å². The monoisotopic (exact) mass is 450 g/mol. The molecule has 3 heterocycles. The van der Waals surface area contributed by atoms with Gasteiger partial charge in [-0.2, -0.15) is 0 Å². The Balaban J connectivity index is 1.54. The van der Waals surface area contributed by atoms with E-state index in [0.717, 1.165) is 67.6 Å². The second-order valence-electron chi connectivity index (χ2n) is 10.9. The Bertz CT molecular complexity index is 1060. The van der Waals surface area contributed by atoms with Crippen LogP contribution in [0.4, 0.5) is 9.18 Å². The largest absolute Gasteiger partial charge is 0.465 e. The maximum atomic E-state index is 14.4. The molecule has 4 aliphatic rings. The van der Waals surface area contributed by atoms with Gasteiger partial charge in [-0.05, 0) is 90.4 Å². The van der Waals surface area contributed by atoms with E-state index >= 15 is 0 Å². The molecule has 0 radical (unpaired) electrons. The molecular weight excluding hydrogens is 415 g/mol. The van der Waals surface area contributed by atoms with Crippen LogP contribution in [0.3, 0.4) is 0 Å². The first-order valence-electron chi connectivity index (χ1n) is 12.4. The number of carbonyl (C=O) groups is 1. The number of rotatable bonds is 4. The SMILES string of the molecule is CCc1ccc(-c2ccc3c(c2)CCC(C)(C)[C@H]3N(C(=O)O)[C@@H]2CN3CCC2CC3)cc1F. The van der Waals surface area contributed by atoms with Gasteiger partial charge in [0, 0.05) is 6.54 Å². The Morgan fingerprint density at radius 3 is 2.45 bits per heavy atom. The first kappa shape index (κ1) is 22.4. The first-order valence-corrected chi connectivity index (χ1v) is 12.4. The Kier molecular flexibility index (Phi) is 5.72. The molecule has 6 rings (SSSR count). The number of piperidine rings is 3. The molecule has 2 atom stereocenters. The van der Waals surface area contributed by atoms with Crippen LogP contribution >= 0.6 is 0 Å². The van der Waals surface area contributed by atoms with Crippen molar-refractivity contribution in [3.8, 4) is 11.1 Å². The zero-order chi connectivity index (χ0) is 23.3. The van der Waals surface area contributed by atoms with Crippen molar-refractivity contribution in [1.82, 2.24) is 9.80 Å². The summed E-state index contributed by atoms with van der Waals surface area (Å²) >= 11 is 0. The third kappa shape index (κ3) is 3.95. The number of fused-ring (bicyclic) bond motifs is 4. The average Bonchev–Trinajstić information content (AvgIpc) is 2.81. The van der Waals surface area contributed by atoms with E-state index < -0.39 is 6.09 Å². The number of hydrogen-bond donors (Lipinski definition) is 1. The summed E-state index contributed by atoms with van der Waals surface area (Å²) in [6.07, 6.45) is 3.90. The third-order valence-corrected chi connectivity index (χ3v) is 8.46. The van der Waals surface area contributed by atoms with E-state index in [4.69, 9.17) is 0 Å². The molecule has 1 amide bonds. The van der Waals surface area contributed by atoms with E-state index in [-0.39, 0.29) is 23.3 Å². The van der Waals surface area contributed by atoms with Crippen molar-refractivity contribution < 1.29 is 14.3 Å². The van der Waals surface area contributed by atoms with Gasteiger partial charge < -0.3 is 10.0 Å². The maximum Gasteiger partial charge on any atom is 0.408 e. The first-order chi connectivity index (χ1) is 15.8. The van der Waals surface area contributed by atoms with Crippen LogP contribution in [0.5, 0.6) is 0 Å². The van der Waals surface area contributed by atoms with E-state index in [0.29, 0.717) is 12.3 Å². The molecule has 1 N–H and O–H groups in total. The van der Waals surface area contributed by atoms with Gasteiger partial charge in [-0.1, -0.05) is 51.1 Å². The minimum absolute atomic E-state index is 0.0515. The zero-order valence-corrected chi connectivity index (χ0v) is 20.0. The highest BCUT2D eigenvalue weighted by molar-refractivity contribution is 5.69. The Hall–Kier alpha value is -2.40.